The van der Waals surface area contributed by atoms with Gasteiger partial charge in [0.1, 0.15) is 5.75 Å². The molecule has 34 heavy (non-hydrogen) atoms. The molecule has 0 radical (unpaired) electrons. The zero-order valence-corrected chi connectivity index (χ0v) is 20.1. The Balaban J connectivity index is 1.18. The molecule has 174 valence electrons. The fraction of sp³-hybridized carbons (Fsp3) is 0.308. The van der Waals surface area contributed by atoms with Gasteiger partial charge in [0.15, 0.2) is 10.9 Å². The summed E-state index contributed by atoms with van der Waals surface area (Å²) in [6, 6.07) is 18.0. The Hall–Kier alpha value is -3.52. The summed E-state index contributed by atoms with van der Waals surface area (Å²) >= 11 is 1.48. The van der Waals surface area contributed by atoms with Crippen molar-refractivity contribution in [2.45, 2.75) is 26.7 Å². The van der Waals surface area contributed by atoms with Crippen molar-refractivity contribution in [3.8, 4) is 17.0 Å². The van der Waals surface area contributed by atoms with Crippen LogP contribution in [0.2, 0.25) is 0 Å². The third kappa shape index (κ3) is 4.72. The Morgan fingerprint density at radius 1 is 1.12 bits per heavy atom. The van der Waals surface area contributed by atoms with E-state index in [0.717, 1.165) is 59.0 Å². The lowest BCUT2D eigenvalue weighted by Gasteiger charge is -2.31. The molecule has 0 saturated carbocycles. The van der Waals surface area contributed by atoms with Crippen LogP contribution in [0.1, 0.15) is 25.3 Å². The minimum atomic E-state index is -0.0403. The second-order valence-corrected chi connectivity index (χ2v) is 9.45. The first-order valence-corrected chi connectivity index (χ1v) is 12.4. The number of anilines is 2. The number of nitrogens with zero attached hydrogens (tertiary/aromatic N) is 4. The number of aryl methyl sites for hydroxylation is 1. The molecule has 0 spiro atoms. The molecule has 2 aromatic heterocycles. The predicted molar refractivity (Wildman–Crippen MR) is 137 cm³/mol. The molecule has 7 nitrogen and oxygen atoms in total. The number of carbonyl (C=O) groups is 1. The molecule has 0 bridgehead atoms. The van der Waals surface area contributed by atoms with E-state index in [-0.39, 0.29) is 11.8 Å². The number of hydrogen-bond acceptors (Lipinski definition) is 7. The van der Waals surface area contributed by atoms with Gasteiger partial charge in [-0.2, -0.15) is 0 Å². The van der Waals surface area contributed by atoms with Crippen molar-refractivity contribution in [2.24, 2.45) is 5.92 Å². The Morgan fingerprint density at radius 2 is 1.94 bits per heavy atom. The number of amides is 1. The molecule has 1 fully saturated rings. The lowest BCUT2D eigenvalue weighted by atomic mass is 9.96. The molecule has 2 aromatic carbocycles. The standard InChI is InChI=1S/C26H27N5O2S/c1-3-33-19-8-9-22-23(16-19)34-26(27-22)28-25(32)18-12-14-31(15-13-18)24-11-10-21(29-30-24)20-7-5-4-6-17(20)2/h4-11,16,18H,3,12-15H2,1-2H3,(H,27,28,32). The van der Waals surface area contributed by atoms with Gasteiger partial charge in [-0.3, -0.25) is 4.79 Å². The molecule has 0 unspecified atom stereocenters. The lowest BCUT2D eigenvalue weighted by molar-refractivity contribution is -0.120. The van der Waals surface area contributed by atoms with Gasteiger partial charge in [0.05, 0.1) is 22.5 Å². The maximum Gasteiger partial charge on any atom is 0.229 e. The molecule has 8 heteroatoms. The largest absolute Gasteiger partial charge is 0.494 e. The maximum absolute atomic E-state index is 12.9. The number of rotatable bonds is 6. The molecule has 3 heterocycles. The van der Waals surface area contributed by atoms with Gasteiger partial charge >= 0.3 is 0 Å². The van der Waals surface area contributed by atoms with Crippen LogP contribution in [0.5, 0.6) is 5.75 Å². The number of fused-ring (bicyclic) bond motifs is 1. The number of hydrogen-bond donors (Lipinski definition) is 1. The Labute approximate surface area is 202 Å². The number of aromatic nitrogens is 3. The van der Waals surface area contributed by atoms with E-state index in [9.17, 15) is 4.79 Å². The van der Waals surface area contributed by atoms with Crippen LogP contribution in [0.25, 0.3) is 21.5 Å². The zero-order valence-electron chi connectivity index (χ0n) is 19.3. The van der Waals surface area contributed by atoms with E-state index < -0.39 is 0 Å². The molecule has 5 rings (SSSR count). The minimum Gasteiger partial charge on any atom is -0.494 e. The molecular weight excluding hydrogens is 446 g/mol. The van der Waals surface area contributed by atoms with E-state index in [0.29, 0.717) is 11.7 Å². The van der Waals surface area contributed by atoms with Crippen LogP contribution in [0.3, 0.4) is 0 Å². The van der Waals surface area contributed by atoms with Crippen molar-refractivity contribution in [3.63, 3.8) is 0 Å². The molecule has 1 N–H and O–H groups in total. The summed E-state index contributed by atoms with van der Waals surface area (Å²) in [5, 5.41) is 12.6. The third-order valence-corrected chi connectivity index (χ3v) is 7.10. The SMILES string of the molecule is CCOc1ccc2nc(NC(=O)C3CCN(c4ccc(-c5ccccc5C)nn4)CC3)sc2c1. The van der Waals surface area contributed by atoms with Gasteiger partial charge in [-0.15, -0.1) is 10.2 Å². The fourth-order valence-corrected chi connectivity index (χ4v) is 5.19. The summed E-state index contributed by atoms with van der Waals surface area (Å²) < 4.78 is 6.56. The summed E-state index contributed by atoms with van der Waals surface area (Å²) in [6.07, 6.45) is 1.54. The van der Waals surface area contributed by atoms with Crippen LogP contribution in [0.15, 0.2) is 54.6 Å². The van der Waals surface area contributed by atoms with Crippen LogP contribution in [0.4, 0.5) is 10.9 Å². The van der Waals surface area contributed by atoms with Crippen molar-refractivity contribution in [3.05, 3.63) is 60.2 Å². The predicted octanol–water partition coefficient (Wildman–Crippen LogP) is 5.32. The Kier molecular flexibility index (Phi) is 6.40. The number of piperidine rings is 1. The highest BCUT2D eigenvalue weighted by atomic mass is 32.1. The summed E-state index contributed by atoms with van der Waals surface area (Å²) in [4.78, 5) is 19.6. The van der Waals surface area contributed by atoms with Crippen molar-refractivity contribution < 1.29 is 9.53 Å². The molecular formula is C26H27N5O2S. The van der Waals surface area contributed by atoms with Gasteiger partial charge in [0.2, 0.25) is 5.91 Å². The number of nitrogens with one attached hydrogen (secondary N) is 1. The fourth-order valence-electron chi connectivity index (χ4n) is 4.29. The van der Waals surface area contributed by atoms with Crippen LogP contribution in [-0.2, 0) is 4.79 Å². The average Bonchev–Trinajstić information content (AvgIpc) is 3.26. The quantitative estimate of drug-likeness (QED) is 0.408. The molecule has 0 atom stereocenters. The molecule has 0 aliphatic carbocycles. The third-order valence-electron chi connectivity index (χ3n) is 6.16. The van der Waals surface area contributed by atoms with E-state index in [1.807, 2.05) is 49.4 Å². The van der Waals surface area contributed by atoms with Gasteiger partial charge in [-0.1, -0.05) is 35.6 Å². The van der Waals surface area contributed by atoms with Crippen molar-refractivity contribution in [1.82, 2.24) is 15.2 Å². The van der Waals surface area contributed by atoms with E-state index >= 15 is 0 Å². The first kappa shape index (κ1) is 22.3. The van der Waals surface area contributed by atoms with Crippen LogP contribution >= 0.6 is 11.3 Å². The van der Waals surface area contributed by atoms with E-state index in [4.69, 9.17) is 4.74 Å². The Bertz CT molecular complexity index is 1300. The average molecular weight is 474 g/mol. The van der Waals surface area contributed by atoms with Gasteiger partial charge in [0.25, 0.3) is 0 Å². The van der Waals surface area contributed by atoms with Crippen molar-refractivity contribution >= 4 is 38.4 Å². The minimum absolute atomic E-state index is 0.0322. The zero-order chi connectivity index (χ0) is 23.5. The molecule has 1 aliphatic rings. The van der Waals surface area contributed by atoms with Crippen molar-refractivity contribution in [2.75, 3.05) is 29.9 Å². The smallest absolute Gasteiger partial charge is 0.229 e. The van der Waals surface area contributed by atoms with E-state index in [2.05, 4.69) is 44.5 Å². The van der Waals surface area contributed by atoms with E-state index in [1.165, 1.54) is 16.9 Å². The first-order valence-electron chi connectivity index (χ1n) is 11.6. The first-order chi connectivity index (χ1) is 16.6. The van der Waals surface area contributed by atoms with Gasteiger partial charge in [0, 0.05) is 24.6 Å². The second kappa shape index (κ2) is 9.77. The highest BCUT2D eigenvalue weighted by Gasteiger charge is 2.26. The number of ether oxygens (including phenoxy) is 1. The van der Waals surface area contributed by atoms with Crippen molar-refractivity contribution in [1.29, 1.82) is 0 Å². The van der Waals surface area contributed by atoms with Gasteiger partial charge in [-0.25, -0.2) is 4.98 Å². The van der Waals surface area contributed by atoms with Gasteiger partial charge in [-0.05, 0) is 62.6 Å². The number of thiazole rings is 1. The lowest BCUT2D eigenvalue weighted by Crippen LogP contribution is -2.38. The summed E-state index contributed by atoms with van der Waals surface area (Å²) in [7, 11) is 0. The Morgan fingerprint density at radius 3 is 2.68 bits per heavy atom. The highest BCUT2D eigenvalue weighted by molar-refractivity contribution is 7.22. The number of benzene rings is 2. The summed E-state index contributed by atoms with van der Waals surface area (Å²) in [6.45, 7) is 6.20. The summed E-state index contributed by atoms with van der Waals surface area (Å²) in [5.74, 6) is 1.66. The van der Waals surface area contributed by atoms with Crippen LogP contribution in [0, 0.1) is 12.8 Å². The molecule has 1 saturated heterocycles. The second-order valence-electron chi connectivity index (χ2n) is 8.42. The molecule has 1 aliphatic heterocycles. The van der Waals surface area contributed by atoms with Crippen LogP contribution in [-0.4, -0.2) is 40.8 Å². The maximum atomic E-state index is 12.9. The van der Waals surface area contributed by atoms with Crippen LogP contribution < -0.4 is 15.0 Å². The monoisotopic (exact) mass is 473 g/mol. The number of carbonyl (C=O) groups excluding carboxylic acids is 1. The highest BCUT2D eigenvalue weighted by Crippen LogP contribution is 2.31. The van der Waals surface area contributed by atoms with E-state index in [1.54, 1.807) is 0 Å². The topological polar surface area (TPSA) is 80.2 Å². The molecule has 4 aromatic rings. The van der Waals surface area contributed by atoms with Gasteiger partial charge < -0.3 is 15.0 Å². The normalized spacial score (nSPS) is 14.4. The summed E-state index contributed by atoms with van der Waals surface area (Å²) in [5.41, 5.74) is 4.02. The molecule has 1 amide bonds.